The first kappa shape index (κ1) is 14.8. The summed E-state index contributed by atoms with van der Waals surface area (Å²) in [4.78, 5) is 22.6. The number of hydrogen-bond acceptors (Lipinski definition) is 5. The Morgan fingerprint density at radius 3 is 2.58 bits per heavy atom. The van der Waals surface area contributed by atoms with Crippen molar-refractivity contribution in [3.05, 3.63) is 42.1 Å². The van der Waals surface area contributed by atoms with E-state index < -0.39 is 11.9 Å². The van der Waals surface area contributed by atoms with Crippen LogP contribution in [-0.4, -0.2) is 25.1 Å². The second-order valence-electron chi connectivity index (χ2n) is 3.72. The van der Waals surface area contributed by atoms with E-state index in [0.29, 0.717) is 18.1 Å². The highest BCUT2D eigenvalue weighted by Gasteiger charge is 2.05. The molecule has 102 valence electrons. The highest BCUT2D eigenvalue weighted by atomic mass is 16.5. The molecule has 0 aliphatic rings. The third-order valence-corrected chi connectivity index (χ3v) is 2.11. The molecule has 0 saturated heterocycles. The number of esters is 2. The Labute approximate surface area is 112 Å². The molecule has 0 heterocycles. The topological polar surface area (TPSA) is 64.6 Å². The second kappa shape index (κ2) is 7.92. The molecule has 5 heteroatoms. The largest absolute Gasteiger partial charge is 0.463 e. The fraction of sp³-hybridized carbons (Fsp3) is 0.286. The molecule has 0 aliphatic carbocycles. The maximum absolute atomic E-state index is 11.5. The summed E-state index contributed by atoms with van der Waals surface area (Å²) in [7, 11) is 0. The molecule has 0 atom stereocenters. The Bertz CT molecular complexity index is 454. The van der Waals surface area contributed by atoms with Crippen LogP contribution < -0.4 is 10.1 Å². The third-order valence-electron chi connectivity index (χ3n) is 2.11. The number of carbonyl (C=O) groups excluding carboxylic acids is 2. The lowest BCUT2D eigenvalue weighted by Crippen LogP contribution is -2.25. The Hall–Kier alpha value is -2.30. The summed E-state index contributed by atoms with van der Waals surface area (Å²) in [5, 5.41) is 2.78. The van der Waals surface area contributed by atoms with Crippen LogP contribution in [0, 0.1) is 0 Å². The average Bonchev–Trinajstić information content (AvgIpc) is 2.38. The number of allylic oxidation sites excluding steroid dienone is 1. The van der Waals surface area contributed by atoms with Crippen molar-refractivity contribution < 1.29 is 19.1 Å². The van der Waals surface area contributed by atoms with Gasteiger partial charge in [-0.15, -0.1) is 0 Å². The van der Waals surface area contributed by atoms with Crippen molar-refractivity contribution in [3.8, 4) is 5.75 Å². The normalized spacial score (nSPS) is 10.7. The number of para-hydroxylation sites is 1. The summed E-state index contributed by atoms with van der Waals surface area (Å²) in [6.45, 7) is 3.70. The van der Waals surface area contributed by atoms with Gasteiger partial charge in [-0.3, -0.25) is 0 Å². The fourth-order valence-corrected chi connectivity index (χ4v) is 1.28. The molecule has 0 aliphatic heterocycles. The standard InChI is InChI=1S/C14H17NO4/c1-3-18-13(16)9-11(2)15-10-14(17)19-12-7-5-4-6-8-12/h4-9,15H,3,10H2,1-2H3. The Balaban J connectivity index is 2.36. The molecule has 0 aromatic heterocycles. The minimum atomic E-state index is -0.441. The van der Waals surface area contributed by atoms with Gasteiger partial charge in [0.05, 0.1) is 6.61 Å². The molecule has 0 fully saturated rings. The van der Waals surface area contributed by atoms with Crippen LogP contribution in [0.25, 0.3) is 0 Å². The van der Waals surface area contributed by atoms with E-state index >= 15 is 0 Å². The van der Waals surface area contributed by atoms with Crippen molar-refractivity contribution in [2.75, 3.05) is 13.2 Å². The zero-order valence-corrected chi connectivity index (χ0v) is 11.0. The first-order valence-electron chi connectivity index (χ1n) is 5.96. The van der Waals surface area contributed by atoms with Crippen LogP contribution in [0.2, 0.25) is 0 Å². The van der Waals surface area contributed by atoms with Crippen molar-refractivity contribution in [2.45, 2.75) is 13.8 Å². The maximum Gasteiger partial charge on any atom is 0.332 e. The molecule has 1 aromatic carbocycles. The van der Waals surface area contributed by atoms with E-state index in [-0.39, 0.29) is 6.54 Å². The lowest BCUT2D eigenvalue weighted by Gasteiger charge is -2.07. The van der Waals surface area contributed by atoms with Gasteiger partial charge in [0, 0.05) is 11.8 Å². The minimum Gasteiger partial charge on any atom is -0.463 e. The third kappa shape index (κ3) is 6.26. The fourth-order valence-electron chi connectivity index (χ4n) is 1.28. The van der Waals surface area contributed by atoms with Crippen molar-refractivity contribution in [1.82, 2.24) is 5.32 Å². The second-order valence-corrected chi connectivity index (χ2v) is 3.72. The van der Waals surface area contributed by atoms with E-state index in [1.807, 2.05) is 6.07 Å². The van der Waals surface area contributed by atoms with Gasteiger partial charge in [0.2, 0.25) is 0 Å². The summed E-state index contributed by atoms with van der Waals surface area (Å²) in [5.41, 5.74) is 0.545. The number of benzene rings is 1. The van der Waals surface area contributed by atoms with Crippen LogP contribution >= 0.6 is 0 Å². The predicted molar refractivity (Wildman–Crippen MR) is 70.5 cm³/mol. The quantitative estimate of drug-likeness (QED) is 0.480. The van der Waals surface area contributed by atoms with Gasteiger partial charge in [-0.25, -0.2) is 9.59 Å². The van der Waals surface area contributed by atoms with E-state index in [1.54, 1.807) is 38.1 Å². The van der Waals surface area contributed by atoms with Gasteiger partial charge in [-0.1, -0.05) is 18.2 Å². The molecule has 1 rings (SSSR count). The van der Waals surface area contributed by atoms with E-state index in [0.717, 1.165) is 0 Å². The van der Waals surface area contributed by atoms with Crippen LogP contribution in [-0.2, 0) is 14.3 Å². The Morgan fingerprint density at radius 1 is 1.26 bits per heavy atom. The first-order chi connectivity index (χ1) is 9.11. The van der Waals surface area contributed by atoms with E-state index in [1.165, 1.54) is 6.08 Å². The molecular formula is C14H17NO4. The molecule has 0 radical (unpaired) electrons. The molecule has 0 amide bonds. The van der Waals surface area contributed by atoms with Gasteiger partial charge in [-0.2, -0.15) is 0 Å². The molecule has 5 nitrogen and oxygen atoms in total. The van der Waals surface area contributed by atoms with Crippen molar-refractivity contribution >= 4 is 11.9 Å². The summed E-state index contributed by atoms with van der Waals surface area (Å²) in [5.74, 6) is -0.381. The molecule has 1 N–H and O–H groups in total. The molecule has 0 unspecified atom stereocenters. The highest BCUT2D eigenvalue weighted by molar-refractivity contribution is 5.82. The van der Waals surface area contributed by atoms with Crippen LogP contribution in [0.5, 0.6) is 5.75 Å². The number of ether oxygens (including phenoxy) is 2. The average molecular weight is 263 g/mol. The van der Waals surface area contributed by atoms with Crippen molar-refractivity contribution in [2.24, 2.45) is 0 Å². The number of carbonyl (C=O) groups is 2. The smallest absolute Gasteiger partial charge is 0.332 e. The van der Waals surface area contributed by atoms with Crippen LogP contribution in [0.4, 0.5) is 0 Å². The molecule has 0 saturated carbocycles. The lowest BCUT2D eigenvalue weighted by molar-refractivity contribution is -0.137. The zero-order valence-electron chi connectivity index (χ0n) is 11.0. The molecular weight excluding hydrogens is 246 g/mol. The summed E-state index contributed by atoms with van der Waals surface area (Å²) < 4.78 is 9.82. The number of rotatable bonds is 6. The summed E-state index contributed by atoms with van der Waals surface area (Å²) in [6, 6.07) is 8.78. The maximum atomic E-state index is 11.5. The summed E-state index contributed by atoms with van der Waals surface area (Å²) >= 11 is 0. The van der Waals surface area contributed by atoms with Crippen LogP contribution in [0.1, 0.15) is 13.8 Å². The van der Waals surface area contributed by atoms with Gasteiger partial charge in [0.1, 0.15) is 12.3 Å². The van der Waals surface area contributed by atoms with Gasteiger partial charge in [0.25, 0.3) is 0 Å². The van der Waals surface area contributed by atoms with Gasteiger partial charge in [-0.05, 0) is 26.0 Å². The van der Waals surface area contributed by atoms with Crippen molar-refractivity contribution in [1.29, 1.82) is 0 Å². The Morgan fingerprint density at radius 2 is 1.95 bits per heavy atom. The predicted octanol–water partition coefficient (Wildman–Crippen LogP) is 1.65. The Kier molecular flexibility index (Phi) is 6.15. The van der Waals surface area contributed by atoms with Crippen LogP contribution in [0.3, 0.4) is 0 Å². The number of hydrogen-bond donors (Lipinski definition) is 1. The van der Waals surface area contributed by atoms with E-state index in [9.17, 15) is 9.59 Å². The lowest BCUT2D eigenvalue weighted by atomic mass is 10.3. The van der Waals surface area contributed by atoms with Gasteiger partial charge in [0.15, 0.2) is 0 Å². The summed E-state index contributed by atoms with van der Waals surface area (Å²) in [6.07, 6.45) is 1.29. The number of nitrogens with one attached hydrogen (secondary N) is 1. The van der Waals surface area contributed by atoms with Crippen LogP contribution in [0.15, 0.2) is 42.1 Å². The van der Waals surface area contributed by atoms with E-state index in [2.05, 4.69) is 5.32 Å². The highest BCUT2D eigenvalue weighted by Crippen LogP contribution is 2.08. The van der Waals surface area contributed by atoms with E-state index in [4.69, 9.17) is 9.47 Å². The molecule has 0 spiro atoms. The van der Waals surface area contributed by atoms with Gasteiger partial charge < -0.3 is 14.8 Å². The van der Waals surface area contributed by atoms with Crippen molar-refractivity contribution in [3.63, 3.8) is 0 Å². The molecule has 19 heavy (non-hydrogen) atoms. The first-order valence-corrected chi connectivity index (χ1v) is 5.96. The molecule has 0 bridgehead atoms. The SMILES string of the molecule is CCOC(=O)C=C(C)NCC(=O)Oc1ccccc1. The minimum absolute atomic E-state index is 0.0172. The van der Waals surface area contributed by atoms with Gasteiger partial charge >= 0.3 is 11.9 Å². The zero-order chi connectivity index (χ0) is 14.1. The molecule has 1 aromatic rings. The monoisotopic (exact) mass is 263 g/mol.